The molecule has 2 bridgehead atoms. The predicted molar refractivity (Wildman–Crippen MR) is 111 cm³/mol. The molecule has 1 N–H and O–H groups in total. The van der Waals surface area contributed by atoms with Crippen LogP contribution in [0.15, 0.2) is 54.6 Å². The lowest BCUT2D eigenvalue weighted by molar-refractivity contribution is 0.0923. The second-order valence-corrected chi connectivity index (χ2v) is 9.96. The van der Waals surface area contributed by atoms with Crippen molar-refractivity contribution in [2.45, 2.75) is 38.3 Å². The highest BCUT2D eigenvalue weighted by Crippen LogP contribution is 2.44. The first-order valence-corrected chi connectivity index (χ1v) is 11.7. The van der Waals surface area contributed by atoms with Crippen LogP contribution in [0.4, 0.5) is 5.69 Å². The van der Waals surface area contributed by atoms with Crippen molar-refractivity contribution in [3.8, 4) is 0 Å². The van der Waals surface area contributed by atoms with Crippen LogP contribution < -0.4 is 9.62 Å². The van der Waals surface area contributed by atoms with Crippen LogP contribution in [-0.2, 0) is 16.6 Å². The van der Waals surface area contributed by atoms with Gasteiger partial charge in [-0.15, -0.1) is 0 Å². The smallest absolute Gasteiger partial charge is 0.251 e. The van der Waals surface area contributed by atoms with Gasteiger partial charge in [0.25, 0.3) is 5.91 Å². The first kappa shape index (κ1) is 19.0. The lowest BCUT2D eigenvalue weighted by Crippen LogP contribution is -2.38. The first-order chi connectivity index (χ1) is 13.4. The molecule has 0 aliphatic heterocycles. The Bertz CT molecular complexity index is 942. The van der Waals surface area contributed by atoms with Gasteiger partial charge in [-0.2, -0.15) is 0 Å². The molecular formula is C22H26N2O3S. The van der Waals surface area contributed by atoms with Gasteiger partial charge < -0.3 is 5.32 Å². The van der Waals surface area contributed by atoms with Crippen molar-refractivity contribution < 1.29 is 13.2 Å². The Balaban J connectivity index is 1.44. The van der Waals surface area contributed by atoms with Crippen LogP contribution in [0, 0.1) is 11.8 Å². The van der Waals surface area contributed by atoms with Crippen molar-refractivity contribution in [1.82, 2.24) is 5.32 Å². The molecule has 4 rings (SSSR count). The zero-order valence-electron chi connectivity index (χ0n) is 16.0. The number of hydrogen-bond donors (Lipinski definition) is 1. The van der Waals surface area contributed by atoms with E-state index >= 15 is 0 Å². The maximum Gasteiger partial charge on any atom is 0.251 e. The summed E-state index contributed by atoms with van der Waals surface area (Å²) in [6.07, 6.45) is 6.11. The third-order valence-electron chi connectivity index (χ3n) is 6.04. The number of rotatable bonds is 6. The molecule has 2 saturated carbocycles. The highest BCUT2D eigenvalue weighted by atomic mass is 32.2. The molecule has 2 aromatic carbocycles. The number of fused-ring (bicyclic) bond motifs is 2. The molecule has 5 nitrogen and oxygen atoms in total. The van der Waals surface area contributed by atoms with E-state index in [-0.39, 0.29) is 12.5 Å². The summed E-state index contributed by atoms with van der Waals surface area (Å²) >= 11 is 0. The quantitative estimate of drug-likeness (QED) is 0.809. The van der Waals surface area contributed by atoms with E-state index in [1.165, 1.54) is 29.8 Å². The SMILES string of the molecule is CS(=O)(=O)N(Cc1ccc(C(=O)N[C@@H]2C[C@H]3CC[C@H]2C3)cc1)c1ccccc1. The van der Waals surface area contributed by atoms with Gasteiger partial charge in [0, 0.05) is 11.6 Å². The number of sulfonamides is 1. The van der Waals surface area contributed by atoms with Crippen molar-refractivity contribution in [2.24, 2.45) is 11.8 Å². The normalized spacial score (nSPS) is 23.5. The van der Waals surface area contributed by atoms with Gasteiger partial charge in [0.1, 0.15) is 0 Å². The fourth-order valence-corrected chi connectivity index (χ4v) is 5.48. The third kappa shape index (κ3) is 4.07. The number of hydrogen-bond acceptors (Lipinski definition) is 3. The van der Waals surface area contributed by atoms with Gasteiger partial charge in [0.2, 0.25) is 10.0 Å². The highest BCUT2D eigenvalue weighted by molar-refractivity contribution is 7.92. The molecule has 0 radical (unpaired) electrons. The van der Waals surface area contributed by atoms with Gasteiger partial charge in [-0.05, 0) is 60.9 Å². The lowest BCUT2D eigenvalue weighted by atomic mass is 9.95. The highest BCUT2D eigenvalue weighted by Gasteiger charge is 2.40. The van der Waals surface area contributed by atoms with Crippen LogP contribution in [0.5, 0.6) is 0 Å². The molecule has 2 aliphatic rings. The number of para-hydroxylation sites is 1. The lowest BCUT2D eigenvalue weighted by Gasteiger charge is -2.23. The molecule has 0 spiro atoms. The summed E-state index contributed by atoms with van der Waals surface area (Å²) in [5.74, 6) is 1.40. The van der Waals surface area contributed by atoms with E-state index in [2.05, 4.69) is 5.32 Å². The molecule has 2 aliphatic carbocycles. The van der Waals surface area contributed by atoms with Crippen molar-refractivity contribution in [3.63, 3.8) is 0 Å². The summed E-state index contributed by atoms with van der Waals surface area (Å²) in [5, 5.41) is 3.19. The largest absolute Gasteiger partial charge is 0.349 e. The monoisotopic (exact) mass is 398 g/mol. The number of carbonyl (C=O) groups is 1. The minimum absolute atomic E-state index is 0.0351. The Morgan fingerprint density at radius 3 is 2.32 bits per heavy atom. The summed E-state index contributed by atoms with van der Waals surface area (Å²) < 4.78 is 25.8. The summed E-state index contributed by atoms with van der Waals surface area (Å²) in [5.41, 5.74) is 2.09. The molecule has 0 aromatic heterocycles. The molecule has 3 atom stereocenters. The number of nitrogens with zero attached hydrogens (tertiary/aromatic N) is 1. The van der Waals surface area contributed by atoms with Crippen molar-refractivity contribution in [3.05, 3.63) is 65.7 Å². The first-order valence-electron chi connectivity index (χ1n) is 9.83. The molecule has 2 fully saturated rings. The maximum atomic E-state index is 12.6. The minimum atomic E-state index is -3.41. The minimum Gasteiger partial charge on any atom is -0.349 e. The fourth-order valence-electron chi connectivity index (χ4n) is 4.59. The zero-order chi connectivity index (χ0) is 19.7. The molecule has 1 amide bonds. The van der Waals surface area contributed by atoms with Gasteiger partial charge >= 0.3 is 0 Å². The Hall–Kier alpha value is -2.34. The molecular weight excluding hydrogens is 372 g/mol. The number of amides is 1. The van der Waals surface area contributed by atoms with E-state index < -0.39 is 10.0 Å². The van der Waals surface area contributed by atoms with Gasteiger partial charge in [0.05, 0.1) is 18.5 Å². The van der Waals surface area contributed by atoms with Gasteiger partial charge in [-0.3, -0.25) is 9.10 Å². The number of nitrogens with one attached hydrogen (secondary N) is 1. The van der Waals surface area contributed by atoms with E-state index in [0.29, 0.717) is 23.2 Å². The van der Waals surface area contributed by atoms with Gasteiger partial charge in [-0.25, -0.2) is 8.42 Å². The number of carbonyl (C=O) groups excluding carboxylic acids is 1. The fraction of sp³-hybridized carbons (Fsp3) is 0.409. The van der Waals surface area contributed by atoms with E-state index in [4.69, 9.17) is 0 Å². The average Bonchev–Trinajstić information content (AvgIpc) is 3.29. The topological polar surface area (TPSA) is 66.5 Å². The predicted octanol–water partition coefficient (Wildman–Crippen LogP) is 3.57. The molecule has 28 heavy (non-hydrogen) atoms. The van der Waals surface area contributed by atoms with Crippen LogP contribution in [0.25, 0.3) is 0 Å². The van der Waals surface area contributed by atoms with Crippen molar-refractivity contribution >= 4 is 21.6 Å². The molecule has 0 saturated heterocycles. The molecule has 0 unspecified atom stereocenters. The van der Waals surface area contributed by atoms with E-state index in [0.717, 1.165) is 17.9 Å². The summed E-state index contributed by atoms with van der Waals surface area (Å²) in [4.78, 5) is 12.6. The number of anilines is 1. The summed E-state index contributed by atoms with van der Waals surface area (Å²) in [7, 11) is -3.41. The van der Waals surface area contributed by atoms with Crippen LogP contribution in [0.2, 0.25) is 0 Å². The molecule has 148 valence electrons. The average molecular weight is 399 g/mol. The number of benzene rings is 2. The Labute approximate surface area is 166 Å². The van der Waals surface area contributed by atoms with Gasteiger partial charge in [-0.1, -0.05) is 36.8 Å². The second-order valence-electron chi connectivity index (χ2n) is 8.06. The molecule has 2 aromatic rings. The molecule has 0 heterocycles. The Morgan fingerprint density at radius 2 is 1.75 bits per heavy atom. The Morgan fingerprint density at radius 1 is 1.04 bits per heavy atom. The standard InChI is InChI=1S/C22H26N2O3S/c1-28(26,27)24(20-5-3-2-4-6-20)15-16-7-10-18(11-8-16)22(25)23-21-14-17-9-12-19(21)13-17/h2-8,10-11,17,19,21H,9,12-15H2,1H3,(H,23,25)/t17-,19-,21+/m0/s1. The van der Waals surface area contributed by atoms with Crippen LogP contribution >= 0.6 is 0 Å². The summed E-state index contributed by atoms with van der Waals surface area (Å²) in [6, 6.07) is 16.6. The Kier molecular flexibility index (Phi) is 5.15. The van der Waals surface area contributed by atoms with Gasteiger partial charge in [0.15, 0.2) is 0 Å². The molecule has 6 heteroatoms. The van der Waals surface area contributed by atoms with E-state index in [9.17, 15) is 13.2 Å². The van der Waals surface area contributed by atoms with Crippen LogP contribution in [0.3, 0.4) is 0 Å². The van der Waals surface area contributed by atoms with Crippen molar-refractivity contribution in [1.29, 1.82) is 0 Å². The zero-order valence-corrected chi connectivity index (χ0v) is 16.9. The van der Waals surface area contributed by atoms with Crippen molar-refractivity contribution in [2.75, 3.05) is 10.6 Å². The third-order valence-corrected chi connectivity index (χ3v) is 7.18. The second kappa shape index (κ2) is 7.59. The summed E-state index contributed by atoms with van der Waals surface area (Å²) in [6.45, 7) is 0.233. The maximum absolute atomic E-state index is 12.6. The van der Waals surface area contributed by atoms with E-state index in [1.807, 2.05) is 30.3 Å². The van der Waals surface area contributed by atoms with E-state index in [1.54, 1.807) is 24.3 Å². The van der Waals surface area contributed by atoms with Crippen LogP contribution in [0.1, 0.15) is 41.6 Å². The van der Waals surface area contributed by atoms with Crippen LogP contribution in [-0.4, -0.2) is 26.6 Å².